The Morgan fingerprint density at radius 2 is 2.07 bits per heavy atom. The highest BCUT2D eigenvalue weighted by Gasteiger charge is 2.18. The molecular weight excluding hydrogens is 220 g/mol. The molecule has 1 rings (SSSR count). The summed E-state index contributed by atoms with van der Waals surface area (Å²) in [5, 5.41) is 12.8. The molecule has 9 heteroatoms. The number of rotatable bonds is 6. The van der Waals surface area contributed by atoms with Gasteiger partial charge in [-0.3, -0.25) is 0 Å². The molecule has 0 atom stereocenters. The second-order valence-electron chi connectivity index (χ2n) is 2.74. The molecule has 86 valence electrons. The number of hydrogen-bond acceptors (Lipinski definition) is 5. The van der Waals surface area contributed by atoms with E-state index in [0.717, 1.165) is 0 Å². The smallest absolute Gasteiger partial charge is 0.195 e. The molecule has 1 aromatic rings. The maximum Gasteiger partial charge on any atom is 0.279 e. The largest absolute Gasteiger partial charge is 0.279 e. The Morgan fingerprint density at radius 1 is 1.40 bits per heavy atom. The molecule has 0 amide bonds. The number of H-pyrrole nitrogens is 1. The fourth-order valence-electron chi connectivity index (χ4n) is 1.07. The van der Waals surface area contributed by atoms with E-state index >= 15 is 0 Å². The number of aromatic amines is 1. The topological polar surface area (TPSA) is 104 Å². The summed E-state index contributed by atoms with van der Waals surface area (Å²) < 4.78 is 26.9. The minimum absolute atomic E-state index is 0.0370. The van der Waals surface area contributed by atoms with E-state index in [4.69, 9.17) is 0 Å². The fraction of sp³-hybridized carbons (Fsp3) is 0.833. The van der Waals surface area contributed by atoms with Gasteiger partial charge >= 0.3 is 0 Å². The van der Waals surface area contributed by atoms with E-state index in [1.807, 2.05) is 0 Å². The first-order valence-electron chi connectivity index (χ1n) is 4.57. The molecule has 8 nitrogen and oxygen atoms in total. The zero-order chi connectivity index (χ0) is 11.3. The molecule has 0 aliphatic carbocycles. The van der Waals surface area contributed by atoms with Gasteiger partial charge in [-0.2, -0.15) is 22.7 Å². The lowest BCUT2D eigenvalue weighted by atomic mass is 10.6. The van der Waals surface area contributed by atoms with Crippen LogP contribution in [0.15, 0.2) is 0 Å². The zero-order valence-corrected chi connectivity index (χ0v) is 9.45. The minimum atomic E-state index is -3.44. The number of nitrogens with zero attached hydrogens (tertiary/aromatic N) is 4. The van der Waals surface area contributed by atoms with Crippen LogP contribution < -0.4 is 4.72 Å². The van der Waals surface area contributed by atoms with Crippen LogP contribution in [0.5, 0.6) is 0 Å². The maximum atomic E-state index is 11.6. The molecule has 1 aromatic heterocycles. The quantitative estimate of drug-likeness (QED) is 0.648. The van der Waals surface area contributed by atoms with E-state index in [1.54, 1.807) is 13.8 Å². The molecule has 0 unspecified atom stereocenters. The Hall–Kier alpha value is -1.06. The Bertz CT molecular complexity index is 370. The van der Waals surface area contributed by atoms with E-state index in [1.165, 1.54) is 4.31 Å². The van der Waals surface area contributed by atoms with Crippen molar-refractivity contribution in [3.63, 3.8) is 0 Å². The summed E-state index contributed by atoms with van der Waals surface area (Å²) in [4.78, 5) is 0. The Balaban J connectivity index is 2.57. The van der Waals surface area contributed by atoms with Crippen molar-refractivity contribution in [2.24, 2.45) is 0 Å². The first-order chi connectivity index (χ1) is 7.10. The second kappa shape index (κ2) is 5.14. The first-order valence-corrected chi connectivity index (χ1v) is 6.01. The van der Waals surface area contributed by atoms with Crippen LogP contribution in [0.3, 0.4) is 0 Å². The van der Waals surface area contributed by atoms with E-state index in [0.29, 0.717) is 18.9 Å². The molecule has 0 radical (unpaired) electrons. The monoisotopic (exact) mass is 234 g/mol. The van der Waals surface area contributed by atoms with Gasteiger partial charge < -0.3 is 0 Å². The van der Waals surface area contributed by atoms with E-state index < -0.39 is 10.2 Å². The maximum absolute atomic E-state index is 11.6. The summed E-state index contributed by atoms with van der Waals surface area (Å²) in [7, 11) is -3.44. The van der Waals surface area contributed by atoms with Gasteiger partial charge in [0.25, 0.3) is 10.2 Å². The van der Waals surface area contributed by atoms with Crippen LogP contribution in [0, 0.1) is 0 Å². The lowest BCUT2D eigenvalue weighted by Gasteiger charge is -2.17. The van der Waals surface area contributed by atoms with Gasteiger partial charge in [0.1, 0.15) is 0 Å². The van der Waals surface area contributed by atoms with Crippen molar-refractivity contribution in [2.75, 3.05) is 13.1 Å². The Morgan fingerprint density at radius 3 is 2.53 bits per heavy atom. The molecule has 0 saturated heterocycles. The van der Waals surface area contributed by atoms with Crippen molar-refractivity contribution in [1.82, 2.24) is 29.7 Å². The zero-order valence-electron chi connectivity index (χ0n) is 8.63. The number of aromatic nitrogens is 4. The summed E-state index contributed by atoms with van der Waals surface area (Å²) in [6.45, 7) is 4.44. The van der Waals surface area contributed by atoms with Gasteiger partial charge in [0.2, 0.25) is 0 Å². The van der Waals surface area contributed by atoms with E-state index in [9.17, 15) is 8.42 Å². The predicted octanol–water partition coefficient (Wildman–Crippen LogP) is -1.12. The standard InChI is InChI=1S/C6H14N6O2S/c1-3-12(4-2)15(13,14)7-5-6-8-10-11-9-6/h7H,3-5H2,1-2H3,(H,8,9,10,11). The van der Waals surface area contributed by atoms with E-state index in [2.05, 4.69) is 25.3 Å². The van der Waals surface area contributed by atoms with Crippen molar-refractivity contribution < 1.29 is 8.42 Å². The second-order valence-corrected chi connectivity index (χ2v) is 4.49. The molecule has 0 aromatic carbocycles. The number of tetrazole rings is 1. The molecule has 2 N–H and O–H groups in total. The molecule has 15 heavy (non-hydrogen) atoms. The van der Waals surface area contributed by atoms with Crippen LogP contribution in [0.25, 0.3) is 0 Å². The average Bonchev–Trinajstić information content (AvgIpc) is 2.69. The van der Waals surface area contributed by atoms with Crippen LogP contribution in [0.2, 0.25) is 0 Å². The van der Waals surface area contributed by atoms with Crippen LogP contribution in [0.4, 0.5) is 0 Å². The van der Waals surface area contributed by atoms with E-state index in [-0.39, 0.29) is 6.54 Å². The predicted molar refractivity (Wildman–Crippen MR) is 52.9 cm³/mol. The van der Waals surface area contributed by atoms with Crippen molar-refractivity contribution in [3.05, 3.63) is 5.82 Å². The average molecular weight is 234 g/mol. The summed E-state index contributed by atoms with van der Waals surface area (Å²) in [6.07, 6.45) is 0. The van der Waals surface area contributed by atoms with Gasteiger partial charge in [-0.15, -0.1) is 10.2 Å². The van der Waals surface area contributed by atoms with Crippen LogP contribution in [-0.4, -0.2) is 46.4 Å². The molecule has 0 spiro atoms. The highest BCUT2D eigenvalue weighted by molar-refractivity contribution is 7.87. The van der Waals surface area contributed by atoms with Gasteiger partial charge in [0.05, 0.1) is 6.54 Å². The van der Waals surface area contributed by atoms with Gasteiger partial charge in [-0.05, 0) is 0 Å². The van der Waals surface area contributed by atoms with Crippen molar-refractivity contribution in [3.8, 4) is 0 Å². The highest BCUT2D eigenvalue weighted by atomic mass is 32.2. The third-order valence-electron chi connectivity index (χ3n) is 1.85. The van der Waals surface area contributed by atoms with Crippen LogP contribution in [-0.2, 0) is 16.8 Å². The molecule has 0 fully saturated rings. The number of hydrogen-bond donors (Lipinski definition) is 2. The van der Waals surface area contributed by atoms with Gasteiger partial charge in [-0.25, -0.2) is 0 Å². The molecule has 0 bridgehead atoms. The third-order valence-corrected chi connectivity index (χ3v) is 3.55. The Kier molecular flexibility index (Phi) is 4.12. The fourth-order valence-corrected chi connectivity index (χ4v) is 2.24. The minimum Gasteiger partial charge on any atom is -0.195 e. The van der Waals surface area contributed by atoms with Crippen molar-refractivity contribution in [1.29, 1.82) is 0 Å². The molecule has 0 saturated carbocycles. The molecule has 1 heterocycles. The molecular formula is C6H14N6O2S. The number of nitrogens with one attached hydrogen (secondary N) is 2. The normalized spacial score (nSPS) is 12.2. The van der Waals surface area contributed by atoms with Crippen LogP contribution >= 0.6 is 0 Å². The lowest BCUT2D eigenvalue weighted by molar-refractivity contribution is 0.434. The van der Waals surface area contributed by atoms with Crippen molar-refractivity contribution >= 4 is 10.2 Å². The summed E-state index contributed by atoms with van der Waals surface area (Å²) in [6, 6.07) is 0. The van der Waals surface area contributed by atoms with Gasteiger partial charge in [0, 0.05) is 13.1 Å². The van der Waals surface area contributed by atoms with Crippen LogP contribution in [0.1, 0.15) is 19.7 Å². The highest BCUT2D eigenvalue weighted by Crippen LogP contribution is 1.97. The molecule has 0 aliphatic heterocycles. The SMILES string of the molecule is CCN(CC)S(=O)(=O)NCc1nn[nH]n1. The van der Waals surface area contributed by atoms with Gasteiger partial charge in [0.15, 0.2) is 5.82 Å². The third kappa shape index (κ3) is 3.22. The summed E-state index contributed by atoms with van der Waals surface area (Å²) in [5.41, 5.74) is 0. The first kappa shape index (κ1) is 12.0. The summed E-state index contributed by atoms with van der Waals surface area (Å²) >= 11 is 0. The van der Waals surface area contributed by atoms with Gasteiger partial charge in [-0.1, -0.05) is 19.1 Å². The lowest BCUT2D eigenvalue weighted by Crippen LogP contribution is -2.40. The Labute approximate surface area is 88.2 Å². The van der Waals surface area contributed by atoms with Crippen molar-refractivity contribution in [2.45, 2.75) is 20.4 Å². The summed E-state index contributed by atoms with van der Waals surface area (Å²) in [5.74, 6) is 0.311. The molecule has 0 aliphatic rings.